The van der Waals surface area contributed by atoms with Gasteiger partial charge in [0.05, 0.1) is 0 Å². The van der Waals surface area contributed by atoms with Gasteiger partial charge in [0.25, 0.3) is 0 Å². The van der Waals surface area contributed by atoms with Crippen LogP contribution in [0, 0.1) is 5.92 Å². The Morgan fingerprint density at radius 2 is 2.00 bits per heavy atom. The van der Waals surface area contributed by atoms with Crippen molar-refractivity contribution >= 4 is 5.97 Å². The van der Waals surface area contributed by atoms with Gasteiger partial charge < -0.3 is 5.11 Å². The van der Waals surface area contributed by atoms with Gasteiger partial charge in [-0.3, -0.25) is 14.6 Å². The van der Waals surface area contributed by atoms with Crippen molar-refractivity contribution in [1.29, 1.82) is 0 Å². The second-order valence-electron chi connectivity index (χ2n) is 7.10. The van der Waals surface area contributed by atoms with E-state index in [1.54, 1.807) is 0 Å². The van der Waals surface area contributed by atoms with Gasteiger partial charge in [0.2, 0.25) is 0 Å². The summed E-state index contributed by atoms with van der Waals surface area (Å²) < 4.78 is 0. The molecular formula is C16H28N2O2. The standard InChI is InChI=1S/C16H28N2O2/c1-12-9-15(11-18(12)14-5-6-14)17-8-2-3-13(10-17)4-7-16(19)20/h12-15H,2-11H2,1H3,(H,19,20). The summed E-state index contributed by atoms with van der Waals surface area (Å²) in [6.45, 7) is 5.98. The molecule has 20 heavy (non-hydrogen) atoms. The third-order valence-electron chi connectivity index (χ3n) is 5.45. The summed E-state index contributed by atoms with van der Waals surface area (Å²) in [6, 6.07) is 2.34. The van der Waals surface area contributed by atoms with E-state index >= 15 is 0 Å². The molecule has 1 saturated carbocycles. The van der Waals surface area contributed by atoms with E-state index in [9.17, 15) is 4.79 Å². The summed E-state index contributed by atoms with van der Waals surface area (Å²) in [5.41, 5.74) is 0. The number of nitrogens with zero attached hydrogens (tertiary/aromatic N) is 2. The van der Waals surface area contributed by atoms with Crippen molar-refractivity contribution in [2.24, 2.45) is 5.92 Å². The normalized spacial score (nSPS) is 36.4. The van der Waals surface area contributed by atoms with Crippen LogP contribution in [-0.4, -0.2) is 58.6 Å². The Kier molecular flexibility index (Phi) is 4.32. The molecular weight excluding hydrogens is 252 g/mol. The highest BCUT2D eigenvalue weighted by Gasteiger charge is 2.41. The Balaban J connectivity index is 1.50. The zero-order valence-corrected chi connectivity index (χ0v) is 12.6. The van der Waals surface area contributed by atoms with Crippen molar-refractivity contribution in [3.05, 3.63) is 0 Å². The van der Waals surface area contributed by atoms with Crippen LogP contribution in [0.4, 0.5) is 0 Å². The summed E-state index contributed by atoms with van der Waals surface area (Å²) in [4.78, 5) is 16.1. The first-order chi connectivity index (χ1) is 9.63. The highest BCUT2D eigenvalue weighted by atomic mass is 16.4. The molecule has 2 saturated heterocycles. The maximum atomic E-state index is 10.7. The summed E-state index contributed by atoms with van der Waals surface area (Å²) in [6.07, 6.45) is 7.78. The van der Waals surface area contributed by atoms with E-state index in [4.69, 9.17) is 5.11 Å². The Morgan fingerprint density at radius 3 is 2.70 bits per heavy atom. The van der Waals surface area contributed by atoms with Crippen molar-refractivity contribution in [1.82, 2.24) is 9.80 Å². The number of likely N-dealkylation sites (tertiary alicyclic amines) is 2. The Labute approximate surface area is 122 Å². The highest BCUT2D eigenvalue weighted by molar-refractivity contribution is 5.66. The minimum Gasteiger partial charge on any atom is -0.481 e. The van der Waals surface area contributed by atoms with Gasteiger partial charge in [-0.15, -0.1) is 0 Å². The van der Waals surface area contributed by atoms with Crippen LogP contribution < -0.4 is 0 Å². The van der Waals surface area contributed by atoms with Crippen molar-refractivity contribution < 1.29 is 9.90 Å². The Morgan fingerprint density at radius 1 is 1.20 bits per heavy atom. The maximum absolute atomic E-state index is 10.7. The maximum Gasteiger partial charge on any atom is 0.303 e. The van der Waals surface area contributed by atoms with E-state index in [-0.39, 0.29) is 0 Å². The number of hydrogen-bond acceptors (Lipinski definition) is 3. The average molecular weight is 280 g/mol. The fourth-order valence-corrected chi connectivity index (χ4v) is 4.20. The number of aliphatic carboxylic acids is 1. The van der Waals surface area contributed by atoms with E-state index in [1.165, 1.54) is 45.2 Å². The second-order valence-corrected chi connectivity index (χ2v) is 7.10. The van der Waals surface area contributed by atoms with Crippen LogP contribution in [0.1, 0.15) is 51.9 Å². The number of carboxylic acids is 1. The van der Waals surface area contributed by atoms with Crippen molar-refractivity contribution in [2.45, 2.75) is 70.0 Å². The largest absolute Gasteiger partial charge is 0.481 e. The van der Waals surface area contributed by atoms with Gasteiger partial charge in [-0.05, 0) is 57.9 Å². The average Bonchev–Trinajstić information content (AvgIpc) is 3.20. The molecule has 0 aromatic heterocycles. The zero-order chi connectivity index (χ0) is 14.1. The van der Waals surface area contributed by atoms with E-state index in [0.717, 1.165) is 31.1 Å². The molecule has 3 unspecified atom stereocenters. The molecule has 0 spiro atoms. The molecule has 2 heterocycles. The van der Waals surface area contributed by atoms with Gasteiger partial charge in [0.15, 0.2) is 0 Å². The third-order valence-corrected chi connectivity index (χ3v) is 5.45. The van der Waals surface area contributed by atoms with Crippen molar-refractivity contribution in [2.75, 3.05) is 19.6 Å². The lowest BCUT2D eigenvalue weighted by Gasteiger charge is -2.36. The minimum absolute atomic E-state index is 0.341. The Bertz CT molecular complexity index is 356. The van der Waals surface area contributed by atoms with Gasteiger partial charge in [0.1, 0.15) is 0 Å². The third kappa shape index (κ3) is 3.34. The number of hydrogen-bond donors (Lipinski definition) is 1. The summed E-state index contributed by atoms with van der Waals surface area (Å²) in [7, 11) is 0. The molecule has 3 fully saturated rings. The number of carboxylic acid groups (broad SMARTS) is 1. The van der Waals surface area contributed by atoms with E-state index in [1.807, 2.05) is 0 Å². The lowest BCUT2D eigenvalue weighted by molar-refractivity contribution is -0.137. The summed E-state index contributed by atoms with van der Waals surface area (Å²) in [5, 5.41) is 8.84. The van der Waals surface area contributed by atoms with Crippen LogP contribution in [0.2, 0.25) is 0 Å². The quantitative estimate of drug-likeness (QED) is 0.838. The molecule has 2 aliphatic heterocycles. The van der Waals surface area contributed by atoms with Crippen LogP contribution in [0.25, 0.3) is 0 Å². The first-order valence-electron chi connectivity index (χ1n) is 8.35. The minimum atomic E-state index is -0.642. The van der Waals surface area contributed by atoms with Crippen LogP contribution in [0.15, 0.2) is 0 Å². The van der Waals surface area contributed by atoms with Gasteiger partial charge in [-0.25, -0.2) is 0 Å². The van der Waals surface area contributed by atoms with Crippen LogP contribution in [0.3, 0.4) is 0 Å². The number of carbonyl (C=O) groups is 1. The SMILES string of the molecule is CC1CC(N2CCCC(CCC(=O)O)C2)CN1C1CC1. The predicted octanol–water partition coefficient (Wildman–Crippen LogP) is 2.19. The summed E-state index contributed by atoms with van der Waals surface area (Å²) >= 11 is 0. The molecule has 0 bridgehead atoms. The topological polar surface area (TPSA) is 43.8 Å². The number of piperidine rings is 1. The van der Waals surface area contributed by atoms with Gasteiger partial charge >= 0.3 is 5.97 Å². The van der Waals surface area contributed by atoms with E-state index in [0.29, 0.717) is 12.3 Å². The molecule has 4 nitrogen and oxygen atoms in total. The van der Waals surface area contributed by atoms with Gasteiger partial charge in [-0.1, -0.05) is 0 Å². The predicted molar refractivity (Wildman–Crippen MR) is 78.8 cm³/mol. The van der Waals surface area contributed by atoms with Gasteiger partial charge in [-0.2, -0.15) is 0 Å². The monoisotopic (exact) mass is 280 g/mol. The molecule has 4 heteroatoms. The lowest BCUT2D eigenvalue weighted by Crippen LogP contribution is -2.44. The van der Waals surface area contributed by atoms with Crippen molar-refractivity contribution in [3.8, 4) is 0 Å². The van der Waals surface area contributed by atoms with E-state index < -0.39 is 5.97 Å². The molecule has 0 aromatic rings. The van der Waals surface area contributed by atoms with Crippen LogP contribution in [-0.2, 0) is 4.79 Å². The lowest BCUT2D eigenvalue weighted by atomic mass is 9.92. The second kappa shape index (κ2) is 6.02. The molecule has 114 valence electrons. The first kappa shape index (κ1) is 14.3. The van der Waals surface area contributed by atoms with Crippen molar-refractivity contribution in [3.63, 3.8) is 0 Å². The molecule has 1 N–H and O–H groups in total. The Hall–Kier alpha value is -0.610. The molecule has 1 aliphatic carbocycles. The van der Waals surface area contributed by atoms with Crippen LogP contribution >= 0.6 is 0 Å². The smallest absolute Gasteiger partial charge is 0.303 e. The van der Waals surface area contributed by atoms with E-state index in [2.05, 4.69) is 16.7 Å². The molecule has 0 aromatic carbocycles. The van der Waals surface area contributed by atoms with Crippen LogP contribution in [0.5, 0.6) is 0 Å². The fraction of sp³-hybridized carbons (Fsp3) is 0.938. The first-order valence-corrected chi connectivity index (χ1v) is 8.35. The molecule has 3 atom stereocenters. The molecule has 3 aliphatic rings. The van der Waals surface area contributed by atoms with Gasteiger partial charge in [0, 0.05) is 37.6 Å². The molecule has 0 amide bonds. The zero-order valence-electron chi connectivity index (χ0n) is 12.6. The number of rotatable bonds is 5. The molecule has 3 rings (SSSR count). The highest BCUT2D eigenvalue weighted by Crippen LogP contribution is 2.35. The fourth-order valence-electron chi connectivity index (χ4n) is 4.20. The molecule has 0 radical (unpaired) electrons. The summed E-state index contributed by atoms with van der Waals surface area (Å²) in [5.74, 6) is -0.0401.